The molecule has 55 heavy (non-hydrogen) atoms. The van der Waals surface area contributed by atoms with E-state index in [1.165, 1.54) is 22.3 Å². The first-order valence-corrected chi connectivity index (χ1v) is 18.9. The molecule has 2 atom stereocenters. The molecular weight excluding hydrogens is 671 g/mol. The molecule has 0 amide bonds. The Labute approximate surface area is 319 Å². The van der Waals surface area contributed by atoms with E-state index in [9.17, 15) is 0 Å². The third-order valence-electron chi connectivity index (χ3n) is 11.3. The van der Waals surface area contributed by atoms with Crippen LogP contribution in [0.4, 0.5) is 17.1 Å². The molecule has 0 fully saturated rings. The molecule has 1 aliphatic carbocycles. The number of hydrogen-bond donors (Lipinski definition) is 0. The van der Waals surface area contributed by atoms with Gasteiger partial charge in [0.15, 0.2) is 0 Å². The molecule has 2 heterocycles. The van der Waals surface area contributed by atoms with Crippen LogP contribution in [-0.4, -0.2) is 0 Å². The summed E-state index contributed by atoms with van der Waals surface area (Å²) in [6, 6.07) is 65.0. The van der Waals surface area contributed by atoms with Crippen LogP contribution in [0.15, 0.2) is 210 Å². The minimum absolute atomic E-state index is 0.162. The van der Waals surface area contributed by atoms with Crippen molar-refractivity contribution < 1.29 is 9.15 Å². The number of furan rings is 1. The van der Waals surface area contributed by atoms with Crippen LogP contribution in [0.3, 0.4) is 0 Å². The molecule has 9 aromatic rings. The highest BCUT2D eigenvalue weighted by atomic mass is 16.5. The molecular formula is C52H35NO2. The first-order valence-electron chi connectivity index (χ1n) is 18.9. The lowest BCUT2D eigenvalue weighted by molar-refractivity contribution is 0.416. The van der Waals surface area contributed by atoms with Crippen molar-refractivity contribution >= 4 is 49.8 Å². The lowest BCUT2D eigenvalue weighted by Gasteiger charge is -2.28. The molecule has 0 radical (unpaired) electrons. The molecule has 1 aliphatic heterocycles. The van der Waals surface area contributed by atoms with Gasteiger partial charge in [-0.1, -0.05) is 158 Å². The lowest BCUT2D eigenvalue weighted by Crippen LogP contribution is -2.13. The monoisotopic (exact) mass is 705 g/mol. The van der Waals surface area contributed by atoms with Crippen LogP contribution in [0.25, 0.3) is 55.0 Å². The van der Waals surface area contributed by atoms with Gasteiger partial charge in [0.05, 0.1) is 11.6 Å². The van der Waals surface area contributed by atoms with Gasteiger partial charge in [0.2, 0.25) is 0 Å². The van der Waals surface area contributed by atoms with Crippen LogP contribution < -0.4 is 9.64 Å². The highest BCUT2D eigenvalue weighted by Gasteiger charge is 2.36. The van der Waals surface area contributed by atoms with Gasteiger partial charge in [0.25, 0.3) is 0 Å². The predicted octanol–water partition coefficient (Wildman–Crippen LogP) is 14.3. The molecule has 1 aromatic heterocycles. The Morgan fingerprint density at radius 1 is 0.473 bits per heavy atom. The summed E-state index contributed by atoms with van der Waals surface area (Å²) in [6.07, 6.45) is 6.56. The standard InChI is InChI=1S/C52H35NO2/c1-3-13-34(14-4-1)35-25-29-38(30-26-35)53(39-31-27-37(28-32-39)40-20-12-24-49-50(40)45-19-9-10-23-48(45)54-49)47-33-46-44-22-11-21-41(36-15-5-2-6-16-36)51(44)55-52(46)43-18-8-7-17-42(43)47/h1-33,40,50H. The molecule has 260 valence electrons. The second-order valence-corrected chi connectivity index (χ2v) is 14.4. The zero-order valence-electron chi connectivity index (χ0n) is 30.0. The summed E-state index contributed by atoms with van der Waals surface area (Å²) in [5, 5.41) is 4.40. The Morgan fingerprint density at radius 2 is 1.09 bits per heavy atom. The highest BCUT2D eigenvalue weighted by Crippen LogP contribution is 2.51. The van der Waals surface area contributed by atoms with Gasteiger partial charge in [0.1, 0.15) is 22.7 Å². The first-order chi connectivity index (χ1) is 27.3. The van der Waals surface area contributed by atoms with E-state index in [2.05, 4.69) is 199 Å². The average molecular weight is 706 g/mol. The summed E-state index contributed by atoms with van der Waals surface area (Å²) in [5.74, 6) is 2.30. The van der Waals surface area contributed by atoms with Crippen LogP contribution in [0, 0.1) is 0 Å². The van der Waals surface area contributed by atoms with E-state index in [1.807, 2.05) is 6.07 Å². The zero-order valence-corrected chi connectivity index (χ0v) is 30.0. The molecule has 3 heteroatoms. The molecule has 0 saturated heterocycles. The molecule has 3 nitrogen and oxygen atoms in total. The fraction of sp³-hybridized carbons (Fsp3) is 0.0385. The van der Waals surface area contributed by atoms with E-state index < -0.39 is 0 Å². The predicted molar refractivity (Wildman–Crippen MR) is 227 cm³/mol. The van der Waals surface area contributed by atoms with Gasteiger partial charge >= 0.3 is 0 Å². The summed E-state index contributed by atoms with van der Waals surface area (Å²) in [4.78, 5) is 2.40. The minimum Gasteiger partial charge on any atom is -0.461 e. The number of rotatable bonds is 6. The van der Waals surface area contributed by atoms with Crippen molar-refractivity contribution in [1.29, 1.82) is 0 Å². The fourth-order valence-corrected chi connectivity index (χ4v) is 8.70. The van der Waals surface area contributed by atoms with Gasteiger partial charge in [-0.05, 0) is 64.7 Å². The molecule has 2 aliphatic rings. The van der Waals surface area contributed by atoms with Crippen LogP contribution in [-0.2, 0) is 0 Å². The quantitative estimate of drug-likeness (QED) is 0.172. The molecule has 0 spiro atoms. The van der Waals surface area contributed by atoms with Crippen molar-refractivity contribution in [2.24, 2.45) is 0 Å². The fourth-order valence-electron chi connectivity index (χ4n) is 8.70. The number of hydrogen-bond acceptors (Lipinski definition) is 3. The van der Waals surface area contributed by atoms with Gasteiger partial charge in [-0.25, -0.2) is 0 Å². The Bertz CT molecular complexity index is 2940. The summed E-state index contributed by atoms with van der Waals surface area (Å²) in [7, 11) is 0. The Hall–Kier alpha value is -7.10. The van der Waals surface area contributed by atoms with Crippen molar-refractivity contribution in [3.05, 3.63) is 217 Å². The minimum atomic E-state index is 0.162. The van der Waals surface area contributed by atoms with E-state index in [0.717, 1.165) is 72.4 Å². The number of benzene rings is 8. The summed E-state index contributed by atoms with van der Waals surface area (Å²) in [6.45, 7) is 0. The number of nitrogens with zero attached hydrogens (tertiary/aromatic N) is 1. The van der Waals surface area contributed by atoms with E-state index in [1.54, 1.807) is 0 Å². The summed E-state index contributed by atoms with van der Waals surface area (Å²) >= 11 is 0. The lowest BCUT2D eigenvalue weighted by atomic mass is 9.78. The number of ether oxygens (including phenoxy) is 1. The zero-order chi connectivity index (χ0) is 36.3. The van der Waals surface area contributed by atoms with Gasteiger partial charge in [0, 0.05) is 50.0 Å². The van der Waals surface area contributed by atoms with Crippen molar-refractivity contribution in [2.75, 3.05) is 4.90 Å². The Morgan fingerprint density at radius 3 is 1.87 bits per heavy atom. The molecule has 0 N–H and O–H groups in total. The first kappa shape index (κ1) is 31.4. The SMILES string of the molecule is C1=CC(c2ccc(N(c3ccc(-c4ccccc4)cc3)c3cc4c5cccc(-c6ccccc6)c5oc4c4ccccc34)cc2)C2C(=C1)Oc1ccccc12. The number of fused-ring (bicyclic) bond motifs is 8. The van der Waals surface area contributed by atoms with Crippen molar-refractivity contribution in [3.8, 4) is 28.0 Å². The number of allylic oxidation sites excluding steroid dienone is 4. The van der Waals surface area contributed by atoms with Crippen LogP contribution in [0.1, 0.15) is 23.0 Å². The maximum absolute atomic E-state index is 6.86. The maximum atomic E-state index is 6.86. The molecule has 0 saturated carbocycles. The molecule has 2 unspecified atom stereocenters. The van der Waals surface area contributed by atoms with Gasteiger partial charge in [-0.3, -0.25) is 0 Å². The van der Waals surface area contributed by atoms with E-state index in [0.29, 0.717) is 0 Å². The molecule has 11 rings (SSSR count). The van der Waals surface area contributed by atoms with E-state index >= 15 is 0 Å². The third kappa shape index (κ3) is 5.20. The average Bonchev–Trinajstić information content (AvgIpc) is 3.84. The second kappa shape index (κ2) is 12.8. The highest BCUT2D eigenvalue weighted by molar-refractivity contribution is 6.21. The normalized spacial score (nSPS) is 15.8. The van der Waals surface area contributed by atoms with Crippen molar-refractivity contribution in [2.45, 2.75) is 11.8 Å². The Balaban J connectivity index is 1.09. The largest absolute Gasteiger partial charge is 0.461 e. The van der Waals surface area contributed by atoms with Crippen molar-refractivity contribution in [1.82, 2.24) is 0 Å². The van der Waals surface area contributed by atoms with Crippen LogP contribution in [0.5, 0.6) is 5.75 Å². The topological polar surface area (TPSA) is 25.6 Å². The van der Waals surface area contributed by atoms with E-state index in [-0.39, 0.29) is 11.8 Å². The molecule has 0 bridgehead atoms. The Kier molecular flexibility index (Phi) is 7.31. The van der Waals surface area contributed by atoms with Gasteiger partial charge < -0.3 is 14.1 Å². The number of para-hydroxylation sites is 2. The van der Waals surface area contributed by atoms with Crippen molar-refractivity contribution in [3.63, 3.8) is 0 Å². The second-order valence-electron chi connectivity index (χ2n) is 14.4. The van der Waals surface area contributed by atoms with Gasteiger partial charge in [-0.15, -0.1) is 0 Å². The van der Waals surface area contributed by atoms with Crippen LogP contribution in [0.2, 0.25) is 0 Å². The number of anilines is 3. The summed E-state index contributed by atoms with van der Waals surface area (Å²) in [5.41, 5.74) is 12.2. The third-order valence-corrected chi connectivity index (χ3v) is 11.3. The van der Waals surface area contributed by atoms with Gasteiger partial charge in [-0.2, -0.15) is 0 Å². The van der Waals surface area contributed by atoms with Crippen LogP contribution >= 0.6 is 0 Å². The summed E-state index contributed by atoms with van der Waals surface area (Å²) < 4.78 is 13.2. The smallest absolute Gasteiger partial charge is 0.143 e. The van der Waals surface area contributed by atoms with E-state index in [4.69, 9.17) is 9.15 Å². The molecule has 8 aromatic carbocycles. The maximum Gasteiger partial charge on any atom is 0.143 e.